The van der Waals surface area contributed by atoms with Gasteiger partial charge in [-0.3, -0.25) is 14.5 Å². The largest absolute Gasteiger partial charge is 0.353 e. The number of nitrogens with one attached hydrogen (secondary N) is 1. The average Bonchev–Trinajstić information content (AvgIpc) is 3.28. The van der Waals surface area contributed by atoms with Crippen molar-refractivity contribution in [3.63, 3.8) is 0 Å². The zero-order valence-electron chi connectivity index (χ0n) is 15.4. The Bertz CT molecular complexity index is 587. The molecule has 0 radical (unpaired) electrons. The number of nitrogens with zero attached hydrogens (tertiary/aromatic N) is 3. The number of carbonyl (C=O) groups is 2. The molecule has 8 heteroatoms. The number of thioether (sulfide) groups is 1. The molecule has 2 rings (SSSR count). The first-order valence-corrected chi connectivity index (χ1v) is 10.8. The quantitative estimate of drug-likeness (QED) is 0.494. The molecular weight excluding hydrogens is 356 g/mol. The van der Waals surface area contributed by atoms with Gasteiger partial charge >= 0.3 is 0 Å². The van der Waals surface area contributed by atoms with Gasteiger partial charge in [0.05, 0.1) is 5.75 Å². The fourth-order valence-corrected chi connectivity index (χ4v) is 4.17. The Labute approximate surface area is 158 Å². The number of hydrogen-bond acceptors (Lipinski definition) is 6. The Morgan fingerprint density at radius 2 is 2.00 bits per heavy atom. The van der Waals surface area contributed by atoms with Gasteiger partial charge < -0.3 is 5.32 Å². The number of aromatic nitrogens is 2. The van der Waals surface area contributed by atoms with Gasteiger partial charge in [0.1, 0.15) is 0 Å². The van der Waals surface area contributed by atoms with E-state index in [9.17, 15) is 9.59 Å². The molecule has 0 spiro atoms. The van der Waals surface area contributed by atoms with Crippen molar-refractivity contribution in [2.75, 3.05) is 10.7 Å². The highest BCUT2D eigenvalue weighted by atomic mass is 32.2. The summed E-state index contributed by atoms with van der Waals surface area (Å²) in [4.78, 5) is 25.9. The summed E-state index contributed by atoms with van der Waals surface area (Å²) >= 11 is 2.77. The molecule has 1 aliphatic rings. The minimum absolute atomic E-state index is 0.0155. The van der Waals surface area contributed by atoms with Crippen LogP contribution in [0.1, 0.15) is 59.8 Å². The lowest BCUT2D eigenvalue weighted by Crippen LogP contribution is -2.34. The molecule has 140 valence electrons. The van der Waals surface area contributed by atoms with E-state index in [0.29, 0.717) is 23.2 Å². The Morgan fingerprint density at radius 3 is 2.60 bits per heavy atom. The molecule has 1 atom stereocenters. The van der Waals surface area contributed by atoms with E-state index in [1.54, 1.807) is 4.90 Å². The van der Waals surface area contributed by atoms with Crippen LogP contribution in [-0.4, -0.2) is 39.8 Å². The lowest BCUT2D eigenvalue weighted by atomic mass is 10.0. The summed E-state index contributed by atoms with van der Waals surface area (Å²) in [6.45, 7) is 8.27. The molecule has 0 aromatic carbocycles. The summed E-state index contributed by atoms with van der Waals surface area (Å²) < 4.78 is 0.731. The van der Waals surface area contributed by atoms with Crippen molar-refractivity contribution in [3.05, 3.63) is 0 Å². The van der Waals surface area contributed by atoms with E-state index >= 15 is 0 Å². The summed E-state index contributed by atoms with van der Waals surface area (Å²) in [5, 5.41) is 12.0. The van der Waals surface area contributed by atoms with E-state index in [1.807, 2.05) is 13.8 Å². The minimum Gasteiger partial charge on any atom is -0.353 e. The van der Waals surface area contributed by atoms with E-state index in [4.69, 9.17) is 0 Å². The topological polar surface area (TPSA) is 75.2 Å². The number of rotatable bonds is 10. The number of anilines is 1. The number of hydrogen-bond donors (Lipinski definition) is 1. The van der Waals surface area contributed by atoms with Gasteiger partial charge in [-0.1, -0.05) is 43.9 Å². The molecule has 1 unspecified atom stereocenters. The first-order valence-electron chi connectivity index (χ1n) is 8.98. The first-order chi connectivity index (χ1) is 11.9. The maximum absolute atomic E-state index is 12.1. The third kappa shape index (κ3) is 6.58. The standard InChI is InChI=1S/C17H28N4O2S2/c1-5-15(23)21(13-8-9-13)16-19-20-17(25-16)24-10-14(22)18-12(4)7-6-11(2)3/h11-13H,5-10H2,1-4H3,(H,18,22). The SMILES string of the molecule is CCC(=O)N(c1nnc(SCC(=O)NC(C)CCC(C)C)s1)C1CC1. The fourth-order valence-electron chi connectivity index (χ4n) is 2.43. The lowest BCUT2D eigenvalue weighted by Gasteiger charge is -2.17. The number of carbonyl (C=O) groups excluding carboxylic acids is 2. The predicted molar refractivity (Wildman–Crippen MR) is 103 cm³/mol. The molecule has 1 saturated carbocycles. The minimum atomic E-state index is 0.0155. The predicted octanol–water partition coefficient (Wildman–Crippen LogP) is 3.48. The second-order valence-corrected chi connectivity index (χ2v) is 9.11. The van der Waals surface area contributed by atoms with Gasteiger partial charge in [-0.2, -0.15) is 0 Å². The van der Waals surface area contributed by atoms with Crippen molar-refractivity contribution < 1.29 is 9.59 Å². The van der Waals surface area contributed by atoms with Crippen LogP contribution in [0.3, 0.4) is 0 Å². The number of amides is 2. The van der Waals surface area contributed by atoms with Crippen molar-refractivity contribution in [2.45, 2.75) is 76.2 Å². The smallest absolute Gasteiger partial charge is 0.230 e. The highest BCUT2D eigenvalue weighted by Crippen LogP contribution is 2.36. The molecule has 1 aliphatic carbocycles. The summed E-state index contributed by atoms with van der Waals surface area (Å²) in [5.41, 5.74) is 0. The Kier molecular flexibility index (Phi) is 7.68. The second kappa shape index (κ2) is 9.52. The van der Waals surface area contributed by atoms with Crippen LogP contribution in [0.5, 0.6) is 0 Å². The van der Waals surface area contributed by atoms with Crippen LogP contribution in [0.15, 0.2) is 4.34 Å². The van der Waals surface area contributed by atoms with Gasteiger partial charge in [-0.25, -0.2) is 0 Å². The van der Waals surface area contributed by atoms with Crippen LogP contribution in [0, 0.1) is 5.92 Å². The highest BCUT2D eigenvalue weighted by molar-refractivity contribution is 8.01. The molecule has 1 aromatic heterocycles. The summed E-state index contributed by atoms with van der Waals surface area (Å²) in [7, 11) is 0. The maximum Gasteiger partial charge on any atom is 0.230 e. The van der Waals surface area contributed by atoms with Crippen molar-refractivity contribution in [1.82, 2.24) is 15.5 Å². The zero-order chi connectivity index (χ0) is 18.4. The van der Waals surface area contributed by atoms with Crippen LogP contribution in [0.25, 0.3) is 0 Å². The molecule has 1 fully saturated rings. The molecule has 25 heavy (non-hydrogen) atoms. The molecule has 0 aliphatic heterocycles. The van der Waals surface area contributed by atoms with Gasteiger partial charge in [0.2, 0.25) is 16.9 Å². The molecular formula is C17H28N4O2S2. The molecule has 6 nitrogen and oxygen atoms in total. The van der Waals surface area contributed by atoms with Gasteiger partial charge in [-0.15, -0.1) is 10.2 Å². The van der Waals surface area contributed by atoms with Crippen LogP contribution < -0.4 is 10.2 Å². The monoisotopic (exact) mass is 384 g/mol. The maximum atomic E-state index is 12.1. The van der Waals surface area contributed by atoms with E-state index in [2.05, 4.69) is 29.4 Å². The average molecular weight is 385 g/mol. The van der Waals surface area contributed by atoms with Gasteiger partial charge in [-0.05, 0) is 38.5 Å². The summed E-state index contributed by atoms with van der Waals surface area (Å²) in [5.74, 6) is 1.08. The van der Waals surface area contributed by atoms with E-state index in [0.717, 1.165) is 30.0 Å². The third-order valence-corrected chi connectivity index (χ3v) is 6.05. The third-order valence-electron chi connectivity index (χ3n) is 4.00. The van der Waals surface area contributed by atoms with Gasteiger partial charge in [0.25, 0.3) is 0 Å². The van der Waals surface area contributed by atoms with Crippen LogP contribution in [0.2, 0.25) is 0 Å². The van der Waals surface area contributed by atoms with Crippen LogP contribution in [0.4, 0.5) is 5.13 Å². The molecule has 1 heterocycles. The summed E-state index contributed by atoms with van der Waals surface area (Å²) in [6, 6.07) is 0.469. The van der Waals surface area contributed by atoms with Crippen molar-refractivity contribution in [1.29, 1.82) is 0 Å². The second-order valence-electron chi connectivity index (χ2n) is 6.93. The Balaban J connectivity index is 1.80. The normalized spacial score (nSPS) is 15.2. The molecule has 2 amide bonds. The molecule has 0 bridgehead atoms. The summed E-state index contributed by atoms with van der Waals surface area (Å²) in [6.07, 6.45) is 4.63. The highest BCUT2D eigenvalue weighted by Gasteiger charge is 2.35. The van der Waals surface area contributed by atoms with Crippen molar-refractivity contribution >= 4 is 40.0 Å². The van der Waals surface area contributed by atoms with Gasteiger partial charge in [0, 0.05) is 18.5 Å². The molecule has 0 saturated heterocycles. The Hall–Kier alpha value is -1.15. The van der Waals surface area contributed by atoms with E-state index in [1.165, 1.54) is 23.1 Å². The molecule has 1 N–H and O–H groups in total. The molecule has 1 aromatic rings. The lowest BCUT2D eigenvalue weighted by molar-refractivity contribution is -0.119. The van der Waals surface area contributed by atoms with Crippen LogP contribution >= 0.6 is 23.1 Å². The van der Waals surface area contributed by atoms with E-state index < -0.39 is 0 Å². The van der Waals surface area contributed by atoms with Crippen LogP contribution in [-0.2, 0) is 9.59 Å². The Morgan fingerprint density at radius 1 is 1.28 bits per heavy atom. The zero-order valence-corrected chi connectivity index (χ0v) is 17.1. The fraction of sp³-hybridized carbons (Fsp3) is 0.765. The van der Waals surface area contributed by atoms with Crippen molar-refractivity contribution in [3.8, 4) is 0 Å². The van der Waals surface area contributed by atoms with E-state index in [-0.39, 0.29) is 23.9 Å². The van der Waals surface area contributed by atoms with Gasteiger partial charge in [0.15, 0.2) is 4.34 Å². The van der Waals surface area contributed by atoms with Crippen molar-refractivity contribution in [2.24, 2.45) is 5.92 Å². The first kappa shape index (κ1) is 20.2.